The number of aromatic nitrogens is 2. The molecule has 4 aromatic rings. The summed E-state index contributed by atoms with van der Waals surface area (Å²) >= 11 is 1.52. The SMILES string of the molecule is Cc1ccc(S(=O)(=O)Nc2ccc(-c3nc4cccnc4s3)cc2C)c(C)c1. The Hall–Kier alpha value is -2.77. The quantitative estimate of drug-likeness (QED) is 0.510. The van der Waals surface area contributed by atoms with E-state index in [0.29, 0.717) is 10.6 Å². The van der Waals surface area contributed by atoms with Crippen molar-refractivity contribution in [1.29, 1.82) is 0 Å². The number of anilines is 1. The van der Waals surface area contributed by atoms with Gasteiger partial charge in [0.05, 0.1) is 10.6 Å². The fraction of sp³-hybridized carbons (Fsp3) is 0.143. The summed E-state index contributed by atoms with van der Waals surface area (Å²) in [5.41, 5.74) is 4.95. The predicted octanol–water partition coefficient (Wildman–Crippen LogP) is 5.08. The van der Waals surface area contributed by atoms with Gasteiger partial charge in [0.1, 0.15) is 15.4 Å². The van der Waals surface area contributed by atoms with E-state index in [0.717, 1.165) is 37.6 Å². The van der Waals surface area contributed by atoms with E-state index in [1.165, 1.54) is 11.3 Å². The van der Waals surface area contributed by atoms with E-state index < -0.39 is 10.0 Å². The van der Waals surface area contributed by atoms with Gasteiger partial charge in [0.15, 0.2) is 0 Å². The van der Waals surface area contributed by atoms with Crippen LogP contribution in [0.5, 0.6) is 0 Å². The third kappa shape index (κ3) is 3.50. The zero-order valence-electron chi connectivity index (χ0n) is 15.7. The molecule has 2 heterocycles. The molecule has 2 aromatic carbocycles. The highest BCUT2D eigenvalue weighted by molar-refractivity contribution is 7.92. The van der Waals surface area contributed by atoms with E-state index >= 15 is 0 Å². The predicted molar refractivity (Wildman–Crippen MR) is 114 cm³/mol. The molecule has 0 saturated heterocycles. The van der Waals surface area contributed by atoms with Crippen molar-refractivity contribution in [3.8, 4) is 10.6 Å². The van der Waals surface area contributed by atoms with E-state index in [-0.39, 0.29) is 0 Å². The van der Waals surface area contributed by atoms with Crippen molar-refractivity contribution in [2.75, 3.05) is 4.72 Å². The average Bonchev–Trinajstić information content (AvgIpc) is 3.07. The lowest BCUT2D eigenvalue weighted by Gasteiger charge is -2.13. The standard InChI is InChI=1S/C21H19N3O2S2/c1-13-6-9-19(15(3)11-13)28(25,26)24-17-8-7-16(12-14(17)2)20-23-18-5-4-10-22-21(18)27-20/h4-12,24H,1-3H3. The molecule has 28 heavy (non-hydrogen) atoms. The number of benzene rings is 2. The topological polar surface area (TPSA) is 72.0 Å². The summed E-state index contributed by atoms with van der Waals surface area (Å²) in [6.45, 7) is 5.63. The van der Waals surface area contributed by atoms with Gasteiger partial charge >= 0.3 is 0 Å². The number of fused-ring (bicyclic) bond motifs is 1. The summed E-state index contributed by atoms with van der Waals surface area (Å²) < 4.78 is 28.4. The van der Waals surface area contributed by atoms with Crippen LogP contribution in [0.1, 0.15) is 16.7 Å². The second-order valence-electron chi connectivity index (χ2n) is 6.75. The minimum Gasteiger partial charge on any atom is -0.279 e. The molecule has 142 valence electrons. The molecule has 0 atom stereocenters. The number of nitrogens with one attached hydrogen (secondary N) is 1. The molecule has 0 fully saturated rings. The fourth-order valence-corrected chi connectivity index (χ4v) is 5.37. The Morgan fingerprint density at radius 2 is 1.79 bits per heavy atom. The lowest BCUT2D eigenvalue weighted by atomic mass is 10.1. The van der Waals surface area contributed by atoms with E-state index in [2.05, 4.69) is 14.7 Å². The molecule has 1 N–H and O–H groups in total. The van der Waals surface area contributed by atoms with Gasteiger partial charge in [0.2, 0.25) is 0 Å². The highest BCUT2D eigenvalue weighted by Crippen LogP contribution is 2.31. The average molecular weight is 410 g/mol. The van der Waals surface area contributed by atoms with Gasteiger partial charge in [-0.2, -0.15) is 0 Å². The maximum Gasteiger partial charge on any atom is 0.262 e. The minimum absolute atomic E-state index is 0.291. The number of hydrogen-bond donors (Lipinski definition) is 1. The van der Waals surface area contributed by atoms with Crippen LogP contribution < -0.4 is 4.72 Å². The largest absolute Gasteiger partial charge is 0.279 e. The van der Waals surface area contributed by atoms with Crippen LogP contribution in [0.2, 0.25) is 0 Å². The maximum absolute atomic E-state index is 12.8. The lowest BCUT2D eigenvalue weighted by Crippen LogP contribution is -2.15. The second kappa shape index (κ2) is 7.00. The van der Waals surface area contributed by atoms with Crippen molar-refractivity contribution in [1.82, 2.24) is 9.97 Å². The summed E-state index contributed by atoms with van der Waals surface area (Å²) in [7, 11) is -3.65. The van der Waals surface area contributed by atoms with Crippen molar-refractivity contribution < 1.29 is 8.42 Å². The van der Waals surface area contributed by atoms with Gasteiger partial charge in [-0.3, -0.25) is 4.72 Å². The van der Waals surface area contributed by atoms with E-state index in [9.17, 15) is 8.42 Å². The number of nitrogens with zero attached hydrogens (tertiary/aromatic N) is 2. The zero-order chi connectivity index (χ0) is 19.9. The molecular weight excluding hydrogens is 390 g/mol. The minimum atomic E-state index is -3.65. The number of pyridine rings is 1. The first-order valence-corrected chi connectivity index (χ1v) is 11.1. The zero-order valence-corrected chi connectivity index (χ0v) is 17.4. The van der Waals surface area contributed by atoms with Crippen molar-refractivity contribution in [3.63, 3.8) is 0 Å². The normalized spacial score (nSPS) is 11.7. The first-order valence-electron chi connectivity index (χ1n) is 8.76. The van der Waals surface area contributed by atoms with Crippen LogP contribution in [-0.2, 0) is 10.0 Å². The number of aryl methyl sites for hydroxylation is 3. The van der Waals surface area contributed by atoms with Gasteiger partial charge in [0.25, 0.3) is 10.0 Å². The van der Waals surface area contributed by atoms with Crippen molar-refractivity contribution >= 4 is 37.4 Å². The van der Waals surface area contributed by atoms with Crippen LogP contribution in [-0.4, -0.2) is 18.4 Å². The monoisotopic (exact) mass is 409 g/mol. The first-order chi connectivity index (χ1) is 13.3. The molecule has 2 aromatic heterocycles. The van der Waals surface area contributed by atoms with E-state index in [4.69, 9.17) is 0 Å². The molecule has 0 spiro atoms. The van der Waals surface area contributed by atoms with Crippen LogP contribution in [0.4, 0.5) is 5.69 Å². The fourth-order valence-electron chi connectivity index (χ4n) is 3.11. The van der Waals surface area contributed by atoms with Crippen LogP contribution in [0, 0.1) is 20.8 Å². The smallest absolute Gasteiger partial charge is 0.262 e. The summed E-state index contributed by atoms with van der Waals surface area (Å²) in [6, 6.07) is 14.7. The van der Waals surface area contributed by atoms with Crippen LogP contribution in [0.15, 0.2) is 59.6 Å². The van der Waals surface area contributed by atoms with Crippen LogP contribution >= 0.6 is 11.3 Å². The number of sulfonamides is 1. The molecule has 0 bridgehead atoms. The molecule has 0 saturated carbocycles. The third-order valence-electron chi connectivity index (χ3n) is 4.50. The molecular formula is C21H19N3O2S2. The molecule has 0 unspecified atom stereocenters. The highest BCUT2D eigenvalue weighted by atomic mass is 32.2. The van der Waals surface area contributed by atoms with Gasteiger partial charge < -0.3 is 0 Å². The molecule has 0 radical (unpaired) electrons. The molecule has 0 amide bonds. The molecule has 0 aliphatic rings. The Bertz CT molecular complexity index is 1260. The highest BCUT2D eigenvalue weighted by Gasteiger charge is 2.18. The van der Waals surface area contributed by atoms with E-state index in [1.54, 1.807) is 31.3 Å². The lowest BCUT2D eigenvalue weighted by molar-refractivity contribution is 0.600. The molecule has 7 heteroatoms. The second-order valence-corrected chi connectivity index (χ2v) is 9.38. The van der Waals surface area contributed by atoms with Crippen molar-refractivity contribution in [2.24, 2.45) is 0 Å². The molecule has 4 rings (SSSR count). The first kappa shape index (κ1) is 18.6. The Labute approximate surface area is 168 Å². The van der Waals surface area contributed by atoms with Gasteiger partial charge in [0, 0.05) is 11.8 Å². The van der Waals surface area contributed by atoms with Gasteiger partial charge in [-0.25, -0.2) is 18.4 Å². The molecule has 0 aliphatic heterocycles. The summed E-state index contributed by atoms with van der Waals surface area (Å²) in [6.07, 6.45) is 1.75. The Morgan fingerprint density at radius 1 is 0.964 bits per heavy atom. The third-order valence-corrected chi connectivity index (χ3v) is 7.06. The molecule has 5 nitrogen and oxygen atoms in total. The molecule has 0 aliphatic carbocycles. The number of thiazole rings is 1. The summed E-state index contributed by atoms with van der Waals surface area (Å²) in [5, 5.41) is 0.862. The van der Waals surface area contributed by atoms with Crippen molar-refractivity contribution in [3.05, 3.63) is 71.4 Å². The van der Waals surface area contributed by atoms with Gasteiger partial charge in [-0.15, -0.1) is 0 Å². The number of rotatable bonds is 4. The Balaban J connectivity index is 1.66. The summed E-state index contributed by atoms with van der Waals surface area (Å²) in [5.74, 6) is 0. The van der Waals surface area contributed by atoms with Crippen LogP contribution in [0.3, 0.4) is 0 Å². The van der Waals surface area contributed by atoms with Gasteiger partial charge in [-0.1, -0.05) is 29.0 Å². The van der Waals surface area contributed by atoms with Crippen molar-refractivity contribution in [2.45, 2.75) is 25.7 Å². The Morgan fingerprint density at radius 3 is 2.50 bits per heavy atom. The number of hydrogen-bond acceptors (Lipinski definition) is 5. The van der Waals surface area contributed by atoms with Crippen LogP contribution in [0.25, 0.3) is 20.9 Å². The summed E-state index contributed by atoms with van der Waals surface area (Å²) in [4.78, 5) is 10.1. The maximum atomic E-state index is 12.8. The van der Waals surface area contributed by atoms with Gasteiger partial charge in [-0.05, 0) is 68.3 Å². The van der Waals surface area contributed by atoms with E-state index in [1.807, 2.05) is 44.2 Å². The Kier molecular flexibility index (Phi) is 4.64.